The molecule has 0 saturated carbocycles. The van der Waals surface area contributed by atoms with Crippen molar-refractivity contribution in [1.29, 1.82) is 0 Å². The third-order valence-electron chi connectivity index (χ3n) is 6.78. The summed E-state index contributed by atoms with van der Waals surface area (Å²) >= 11 is 12.8. The zero-order valence-corrected chi connectivity index (χ0v) is 19.9. The van der Waals surface area contributed by atoms with E-state index in [0.29, 0.717) is 22.6 Å². The number of fused-ring (bicyclic) bond motifs is 6. The van der Waals surface area contributed by atoms with Gasteiger partial charge in [-0.2, -0.15) is 0 Å². The Morgan fingerprint density at radius 2 is 2.03 bits per heavy atom. The maximum Gasteiger partial charge on any atom is 0.171 e. The molecule has 2 aromatic carbocycles. The summed E-state index contributed by atoms with van der Waals surface area (Å²) in [5, 5.41) is 6.97. The van der Waals surface area contributed by atoms with Gasteiger partial charge in [-0.25, -0.2) is 0 Å². The van der Waals surface area contributed by atoms with Crippen molar-refractivity contribution in [2.75, 3.05) is 19.7 Å². The fourth-order valence-corrected chi connectivity index (χ4v) is 5.55. The highest BCUT2D eigenvalue weighted by Crippen LogP contribution is 2.39. The van der Waals surface area contributed by atoms with E-state index in [2.05, 4.69) is 21.4 Å². The summed E-state index contributed by atoms with van der Waals surface area (Å²) in [6.45, 7) is 4.19. The van der Waals surface area contributed by atoms with Gasteiger partial charge in [0, 0.05) is 34.2 Å². The first-order chi connectivity index (χ1) is 16.1. The molecule has 5 nitrogen and oxygen atoms in total. The summed E-state index contributed by atoms with van der Waals surface area (Å²) in [5.41, 5.74) is 5.61. The zero-order chi connectivity index (χ0) is 22.5. The number of pyridine rings is 1. The van der Waals surface area contributed by atoms with Crippen molar-refractivity contribution in [3.05, 3.63) is 63.4 Å². The fourth-order valence-electron chi connectivity index (χ4n) is 5.12. The molecule has 0 radical (unpaired) electrons. The maximum atomic E-state index is 6.55. The van der Waals surface area contributed by atoms with Crippen molar-refractivity contribution < 1.29 is 9.47 Å². The van der Waals surface area contributed by atoms with Crippen molar-refractivity contribution in [1.82, 2.24) is 15.3 Å². The van der Waals surface area contributed by atoms with Crippen LogP contribution in [0.4, 0.5) is 0 Å². The summed E-state index contributed by atoms with van der Waals surface area (Å²) < 4.78 is 12.3. The smallest absolute Gasteiger partial charge is 0.171 e. The van der Waals surface area contributed by atoms with Gasteiger partial charge >= 0.3 is 0 Å². The third-order valence-corrected chi connectivity index (χ3v) is 7.59. The number of nitrogens with one attached hydrogen (secondary N) is 2. The van der Waals surface area contributed by atoms with Crippen molar-refractivity contribution in [2.45, 2.75) is 32.3 Å². The molecule has 0 saturated heterocycles. The van der Waals surface area contributed by atoms with Crippen molar-refractivity contribution in [3.8, 4) is 11.5 Å². The second-order valence-corrected chi connectivity index (χ2v) is 9.88. The van der Waals surface area contributed by atoms with Crippen molar-refractivity contribution in [2.24, 2.45) is 5.92 Å². The highest BCUT2D eigenvalue weighted by atomic mass is 35.5. The summed E-state index contributed by atoms with van der Waals surface area (Å²) in [7, 11) is 0. The van der Waals surface area contributed by atoms with Gasteiger partial charge in [0.2, 0.25) is 0 Å². The molecule has 2 unspecified atom stereocenters. The lowest BCUT2D eigenvalue weighted by molar-refractivity contribution is 0.0915. The number of benzene rings is 2. The Bertz CT molecular complexity index is 1370. The van der Waals surface area contributed by atoms with E-state index in [1.54, 1.807) is 0 Å². The first kappa shape index (κ1) is 21.1. The van der Waals surface area contributed by atoms with Gasteiger partial charge in [0.05, 0.1) is 15.6 Å². The maximum absolute atomic E-state index is 6.55. The summed E-state index contributed by atoms with van der Waals surface area (Å²) in [4.78, 5) is 8.14. The largest absolute Gasteiger partial charge is 0.486 e. The molecule has 170 valence electrons. The van der Waals surface area contributed by atoms with Gasteiger partial charge < -0.3 is 19.8 Å². The average Bonchev–Trinajstić information content (AvgIpc) is 3.19. The lowest BCUT2D eigenvalue weighted by Gasteiger charge is -2.29. The van der Waals surface area contributed by atoms with Gasteiger partial charge in [-0.1, -0.05) is 23.2 Å². The van der Waals surface area contributed by atoms with E-state index >= 15 is 0 Å². The molecule has 1 aliphatic heterocycles. The number of hydrogen-bond donors (Lipinski definition) is 2. The molecule has 0 bridgehead atoms. The lowest BCUT2D eigenvalue weighted by Crippen LogP contribution is -2.40. The van der Waals surface area contributed by atoms with Crippen LogP contribution in [0.15, 0.2) is 36.4 Å². The molecular formula is C26H25Cl2N3O2. The first-order valence-corrected chi connectivity index (χ1v) is 12.2. The summed E-state index contributed by atoms with van der Waals surface area (Å²) in [6, 6.07) is 11.9. The Labute approximate surface area is 202 Å². The predicted molar refractivity (Wildman–Crippen MR) is 133 cm³/mol. The van der Waals surface area contributed by atoms with Crippen LogP contribution in [0.3, 0.4) is 0 Å². The van der Waals surface area contributed by atoms with Gasteiger partial charge in [-0.05, 0) is 80.6 Å². The van der Waals surface area contributed by atoms with Crippen LogP contribution < -0.4 is 14.8 Å². The van der Waals surface area contributed by atoms with E-state index in [1.165, 1.54) is 11.3 Å². The molecule has 0 amide bonds. The number of ether oxygens (including phenoxy) is 2. The van der Waals surface area contributed by atoms with Crippen molar-refractivity contribution >= 4 is 45.0 Å². The Balaban J connectivity index is 1.12. The number of aryl methyl sites for hydroxylation is 2. The number of aromatic nitrogens is 2. The Morgan fingerprint density at radius 3 is 2.94 bits per heavy atom. The van der Waals surface area contributed by atoms with Crippen LogP contribution >= 0.6 is 23.2 Å². The van der Waals surface area contributed by atoms with Gasteiger partial charge in [0.25, 0.3) is 0 Å². The molecule has 4 aromatic rings. The Hall–Kier alpha value is -2.47. The quantitative estimate of drug-likeness (QED) is 0.382. The van der Waals surface area contributed by atoms with Crippen LogP contribution in [0, 0.1) is 12.8 Å². The molecule has 0 spiro atoms. The lowest BCUT2D eigenvalue weighted by atomic mass is 9.86. The number of halogens is 2. The van der Waals surface area contributed by atoms with E-state index in [1.807, 2.05) is 37.3 Å². The highest BCUT2D eigenvalue weighted by Gasteiger charge is 2.26. The minimum atomic E-state index is -0.0371. The number of rotatable bonds is 4. The third kappa shape index (κ3) is 3.82. The van der Waals surface area contributed by atoms with E-state index in [0.717, 1.165) is 71.4 Å². The SMILES string of the molecule is Cc1ccc2c3c(ccc2n1)OCC(CNCC1CCc2[nH]c4ccc(Cl)c(Cl)c4c2C1)O3. The monoisotopic (exact) mass is 481 g/mol. The van der Waals surface area contributed by atoms with Crippen LogP contribution in [0.25, 0.3) is 21.8 Å². The molecular weight excluding hydrogens is 457 g/mol. The number of H-pyrrole nitrogens is 1. The second kappa shape index (κ2) is 8.39. The molecule has 0 fully saturated rings. The van der Waals surface area contributed by atoms with Crippen LogP contribution in [0.1, 0.15) is 23.4 Å². The number of hydrogen-bond acceptors (Lipinski definition) is 4. The number of aromatic amines is 1. The predicted octanol–water partition coefficient (Wildman–Crippen LogP) is 5.87. The summed E-state index contributed by atoms with van der Waals surface area (Å²) in [6.07, 6.45) is 3.12. The molecule has 2 atom stereocenters. The fraction of sp³-hybridized carbons (Fsp3) is 0.346. The van der Waals surface area contributed by atoms with E-state index < -0.39 is 0 Å². The second-order valence-electron chi connectivity index (χ2n) is 9.10. The van der Waals surface area contributed by atoms with Crippen LogP contribution in [-0.2, 0) is 12.8 Å². The average molecular weight is 482 g/mol. The van der Waals surface area contributed by atoms with Gasteiger partial charge in [-0.15, -0.1) is 0 Å². The molecule has 7 heteroatoms. The molecule has 2 aliphatic rings. The minimum absolute atomic E-state index is 0.0371. The Kier molecular flexibility index (Phi) is 5.36. The van der Waals surface area contributed by atoms with E-state index in [4.69, 9.17) is 32.7 Å². The minimum Gasteiger partial charge on any atom is -0.486 e. The Morgan fingerprint density at radius 1 is 1.12 bits per heavy atom. The van der Waals surface area contributed by atoms with E-state index in [9.17, 15) is 0 Å². The number of nitrogens with zero attached hydrogens (tertiary/aromatic N) is 1. The van der Waals surface area contributed by atoms with Crippen LogP contribution in [0.2, 0.25) is 10.0 Å². The summed E-state index contributed by atoms with van der Waals surface area (Å²) in [5.74, 6) is 2.13. The normalized spacial score (nSPS) is 19.7. The molecule has 33 heavy (non-hydrogen) atoms. The van der Waals surface area contributed by atoms with Gasteiger partial charge in [-0.3, -0.25) is 4.98 Å². The standard InChI is InChI=1S/C26H25Cl2N3O2/c1-14-2-4-17-20(30-14)8-9-23-26(17)33-16(13-32-23)12-29-11-15-3-6-21-18(10-15)24-22(31-21)7-5-19(27)25(24)28/h2,4-5,7-9,15-16,29,31H,3,6,10-13H2,1H3. The van der Waals surface area contributed by atoms with Gasteiger partial charge in [0.15, 0.2) is 11.5 Å². The molecule has 2 N–H and O–H groups in total. The van der Waals surface area contributed by atoms with E-state index in [-0.39, 0.29) is 6.10 Å². The van der Waals surface area contributed by atoms with Gasteiger partial charge in [0.1, 0.15) is 12.7 Å². The first-order valence-electron chi connectivity index (χ1n) is 11.4. The van der Waals surface area contributed by atoms with Crippen molar-refractivity contribution in [3.63, 3.8) is 0 Å². The molecule has 1 aliphatic carbocycles. The zero-order valence-electron chi connectivity index (χ0n) is 18.4. The highest BCUT2D eigenvalue weighted by molar-refractivity contribution is 6.45. The van der Waals surface area contributed by atoms with Crippen LogP contribution in [0.5, 0.6) is 11.5 Å². The molecule has 2 aromatic heterocycles. The van der Waals surface area contributed by atoms with Crippen LogP contribution in [-0.4, -0.2) is 35.8 Å². The topological polar surface area (TPSA) is 59.2 Å². The molecule has 6 rings (SSSR count). The molecule has 3 heterocycles.